The second-order valence-electron chi connectivity index (χ2n) is 6.48. The summed E-state index contributed by atoms with van der Waals surface area (Å²) < 4.78 is 39.6. The number of anilines is 1. The van der Waals surface area contributed by atoms with E-state index in [9.17, 15) is 18.0 Å². The number of thioether (sulfide) groups is 1. The molecular weight excluding hydrogens is 425 g/mol. The van der Waals surface area contributed by atoms with E-state index in [0.29, 0.717) is 22.8 Å². The van der Waals surface area contributed by atoms with Crippen LogP contribution in [0.2, 0.25) is 0 Å². The van der Waals surface area contributed by atoms with Crippen molar-refractivity contribution in [2.24, 2.45) is 0 Å². The molecule has 0 atom stereocenters. The predicted molar refractivity (Wildman–Crippen MR) is 102 cm³/mol. The van der Waals surface area contributed by atoms with Crippen LogP contribution in [0.3, 0.4) is 0 Å². The molecule has 7 nitrogen and oxygen atoms in total. The second-order valence-corrected chi connectivity index (χ2v) is 8.53. The molecule has 0 spiro atoms. The maximum Gasteiger partial charge on any atom is 0.416 e. The van der Waals surface area contributed by atoms with Crippen LogP contribution in [-0.2, 0) is 17.4 Å². The number of rotatable bonds is 7. The van der Waals surface area contributed by atoms with Gasteiger partial charge in [0, 0.05) is 17.5 Å². The smallest absolute Gasteiger partial charge is 0.301 e. The number of nitrogens with zero attached hydrogens (tertiary/aromatic N) is 5. The van der Waals surface area contributed by atoms with E-state index in [1.165, 1.54) is 35.2 Å². The summed E-state index contributed by atoms with van der Waals surface area (Å²) in [5.41, 5.74) is 0.0609. The summed E-state index contributed by atoms with van der Waals surface area (Å²) >= 11 is 2.55. The molecule has 0 radical (unpaired) electrons. The number of carbonyl (C=O) groups is 1. The fraction of sp³-hybridized carbons (Fsp3) is 0.353. The number of halogens is 3. The van der Waals surface area contributed by atoms with Crippen molar-refractivity contribution < 1.29 is 18.0 Å². The number of nitrogens with one attached hydrogen (secondary N) is 1. The highest BCUT2D eigenvalue weighted by molar-refractivity contribution is 7.99. The third kappa shape index (κ3) is 5.12. The number of hydrogen-bond acceptors (Lipinski definition) is 7. The Balaban J connectivity index is 1.29. The molecule has 0 saturated heterocycles. The second kappa shape index (κ2) is 8.11. The van der Waals surface area contributed by atoms with Gasteiger partial charge in [-0.2, -0.15) is 13.2 Å². The zero-order chi connectivity index (χ0) is 20.4. The monoisotopic (exact) mass is 440 g/mol. The Morgan fingerprint density at radius 3 is 2.72 bits per heavy atom. The molecule has 29 heavy (non-hydrogen) atoms. The molecule has 0 unspecified atom stereocenters. The van der Waals surface area contributed by atoms with Crippen LogP contribution in [0.25, 0.3) is 0 Å². The van der Waals surface area contributed by atoms with Crippen molar-refractivity contribution in [1.82, 2.24) is 25.2 Å². The van der Waals surface area contributed by atoms with E-state index in [0.717, 1.165) is 35.4 Å². The predicted octanol–water partition coefficient (Wildman–Crippen LogP) is 3.80. The van der Waals surface area contributed by atoms with Crippen LogP contribution >= 0.6 is 23.1 Å². The number of alkyl halides is 3. The van der Waals surface area contributed by atoms with E-state index in [-0.39, 0.29) is 11.7 Å². The number of tetrazole rings is 1. The highest BCUT2D eigenvalue weighted by atomic mass is 32.2. The van der Waals surface area contributed by atoms with Gasteiger partial charge in [0.15, 0.2) is 5.13 Å². The van der Waals surface area contributed by atoms with Gasteiger partial charge in [0.2, 0.25) is 11.1 Å². The van der Waals surface area contributed by atoms with Crippen LogP contribution in [-0.4, -0.2) is 36.9 Å². The number of amides is 1. The first-order valence-corrected chi connectivity index (χ1v) is 10.5. The molecule has 4 rings (SSSR count). The van der Waals surface area contributed by atoms with Crippen molar-refractivity contribution in [3.05, 3.63) is 46.5 Å². The van der Waals surface area contributed by atoms with Crippen molar-refractivity contribution in [3.8, 4) is 0 Å². The molecule has 1 saturated carbocycles. The van der Waals surface area contributed by atoms with Gasteiger partial charge < -0.3 is 5.32 Å². The van der Waals surface area contributed by atoms with Gasteiger partial charge in [0.1, 0.15) is 0 Å². The average Bonchev–Trinajstić information content (AvgIpc) is 3.25. The van der Waals surface area contributed by atoms with E-state index in [1.807, 2.05) is 0 Å². The van der Waals surface area contributed by atoms with Crippen molar-refractivity contribution in [1.29, 1.82) is 0 Å². The van der Waals surface area contributed by atoms with Gasteiger partial charge in [-0.05, 0) is 41.0 Å². The van der Waals surface area contributed by atoms with Crippen LogP contribution in [0, 0.1) is 0 Å². The molecular formula is C17H15F3N6OS2. The molecule has 1 fully saturated rings. The molecule has 0 bridgehead atoms. The first kappa shape index (κ1) is 19.8. The summed E-state index contributed by atoms with van der Waals surface area (Å²) in [6.45, 7) is 0. The minimum Gasteiger partial charge on any atom is -0.301 e. The van der Waals surface area contributed by atoms with Gasteiger partial charge in [0.05, 0.1) is 17.4 Å². The Bertz CT molecular complexity index is 997. The van der Waals surface area contributed by atoms with Crippen molar-refractivity contribution in [2.75, 3.05) is 11.1 Å². The molecule has 1 aliphatic rings. The lowest BCUT2D eigenvalue weighted by atomic mass is 10.1. The van der Waals surface area contributed by atoms with Gasteiger partial charge in [-0.25, -0.2) is 9.67 Å². The highest BCUT2D eigenvalue weighted by Crippen LogP contribution is 2.36. The van der Waals surface area contributed by atoms with Crippen molar-refractivity contribution >= 4 is 34.1 Å². The standard InChI is InChI=1S/C17H15F3N6OS2/c18-17(19,20)11-3-1-10(2-4-11)7-13-8-21-15(29-13)22-14(27)9-28-16-23-24-25-26(16)12-5-6-12/h1-4,8,12H,5-7,9H2,(H,21,22,27). The summed E-state index contributed by atoms with van der Waals surface area (Å²) in [5.74, 6) is -0.0725. The summed E-state index contributed by atoms with van der Waals surface area (Å²) in [6.07, 6.45) is -0.201. The van der Waals surface area contributed by atoms with Gasteiger partial charge in [0.25, 0.3) is 0 Å². The zero-order valence-corrected chi connectivity index (χ0v) is 16.5. The summed E-state index contributed by atoms with van der Waals surface area (Å²) in [7, 11) is 0. The molecule has 0 aliphatic heterocycles. The van der Waals surface area contributed by atoms with Crippen LogP contribution < -0.4 is 5.32 Å². The Morgan fingerprint density at radius 2 is 2.03 bits per heavy atom. The van der Waals surface area contributed by atoms with Crippen molar-refractivity contribution in [2.45, 2.75) is 36.6 Å². The van der Waals surface area contributed by atoms with E-state index in [4.69, 9.17) is 0 Å². The average molecular weight is 440 g/mol. The fourth-order valence-electron chi connectivity index (χ4n) is 2.57. The van der Waals surface area contributed by atoms with Crippen LogP contribution in [0.15, 0.2) is 35.6 Å². The molecule has 1 amide bonds. The molecule has 1 N–H and O–H groups in total. The van der Waals surface area contributed by atoms with E-state index < -0.39 is 11.7 Å². The molecule has 12 heteroatoms. The lowest BCUT2D eigenvalue weighted by molar-refractivity contribution is -0.137. The highest BCUT2D eigenvalue weighted by Gasteiger charge is 2.30. The number of hydrogen-bond donors (Lipinski definition) is 1. The molecule has 3 aromatic rings. The lowest BCUT2D eigenvalue weighted by Gasteiger charge is -2.06. The molecule has 152 valence electrons. The maximum atomic E-state index is 12.6. The van der Waals surface area contributed by atoms with E-state index in [1.54, 1.807) is 10.9 Å². The summed E-state index contributed by atoms with van der Waals surface area (Å²) in [6, 6.07) is 5.35. The third-order valence-electron chi connectivity index (χ3n) is 4.15. The topological polar surface area (TPSA) is 85.6 Å². The van der Waals surface area contributed by atoms with Gasteiger partial charge in [-0.1, -0.05) is 23.9 Å². The minimum atomic E-state index is -4.35. The molecule has 2 aromatic heterocycles. The zero-order valence-electron chi connectivity index (χ0n) is 14.9. The normalized spacial score (nSPS) is 14.2. The Labute approximate surface area is 171 Å². The first-order valence-electron chi connectivity index (χ1n) is 8.70. The van der Waals surface area contributed by atoms with Gasteiger partial charge in [-0.3, -0.25) is 4.79 Å². The first-order chi connectivity index (χ1) is 13.9. The van der Waals surface area contributed by atoms with Crippen molar-refractivity contribution in [3.63, 3.8) is 0 Å². The van der Waals surface area contributed by atoms with E-state index in [2.05, 4.69) is 25.8 Å². The summed E-state index contributed by atoms with van der Waals surface area (Å²) in [4.78, 5) is 17.2. The molecule has 1 aliphatic carbocycles. The quantitative estimate of drug-likeness (QED) is 0.563. The van der Waals surface area contributed by atoms with Crippen LogP contribution in [0.4, 0.5) is 18.3 Å². The Hall–Kier alpha value is -2.47. The maximum absolute atomic E-state index is 12.6. The number of aromatic nitrogens is 5. The number of carbonyl (C=O) groups excluding carboxylic acids is 1. The minimum absolute atomic E-state index is 0.154. The molecule has 1 aromatic carbocycles. The van der Waals surface area contributed by atoms with Crippen LogP contribution in [0.1, 0.15) is 34.9 Å². The fourth-order valence-corrected chi connectivity index (χ4v) is 4.18. The van der Waals surface area contributed by atoms with Gasteiger partial charge in [-0.15, -0.1) is 16.4 Å². The van der Waals surface area contributed by atoms with E-state index >= 15 is 0 Å². The Morgan fingerprint density at radius 1 is 1.28 bits per heavy atom. The van der Waals surface area contributed by atoms with Crippen LogP contribution in [0.5, 0.6) is 0 Å². The Kier molecular flexibility index (Phi) is 5.54. The number of benzene rings is 1. The summed E-state index contributed by atoms with van der Waals surface area (Å²) in [5, 5.41) is 15.3. The SMILES string of the molecule is O=C(CSc1nnnn1C1CC1)Nc1ncc(Cc2ccc(C(F)(F)F)cc2)s1. The third-order valence-corrected chi connectivity index (χ3v) is 5.99. The van der Waals surface area contributed by atoms with Gasteiger partial charge >= 0.3 is 6.18 Å². The lowest BCUT2D eigenvalue weighted by Crippen LogP contribution is -2.14. The molecule has 2 heterocycles. The largest absolute Gasteiger partial charge is 0.416 e. The number of thiazole rings is 1.